The molecule has 0 saturated heterocycles. The Labute approximate surface area is 160 Å². The Hall–Kier alpha value is -2.93. The fraction of sp³-hybridized carbons (Fsp3) is 0.263. The van der Waals surface area contributed by atoms with Crippen molar-refractivity contribution in [1.29, 1.82) is 0 Å². The molecule has 4 rings (SSSR count). The second-order valence-electron chi connectivity index (χ2n) is 6.92. The van der Waals surface area contributed by atoms with Gasteiger partial charge in [-0.25, -0.2) is 0 Å². The van der Waals surface area contributed by atoms with Crippen LogP contribution >= 0.6 is 11.6 Å². The maximum Gasteiger partial charge on any atom is 0.270 e. The minimum atomic E-state index is -0.435. The quantitative estimate of drug-likeness (QED) is 0.439. The number of aryl methyl sites for hydroxylation is 1. The van der Waals surface area contributed by atoms with Gasteiger partial charge in [0.2, 0.25) is 0 Å². The van der Waals surface area contributed by atoms with E-state index in [0.29, 0.717) is 10.6 Å². The summed E-state index contributed by atoms with van der Waals surface area (Å²) in [5, 5.41) is 26.4. The Morgan fingerprint density at radius 3 is 2.48 bits per heavy atom. The highest BCUT2D eigenvalue weighted by Gasteiger charge is 2.40. The summed E-state index contributed by atoms with van der Waals surface area (Å²) in [5.74, 6) is 0.0820. The van der Waals surface area contributed by atoms with Crippen molar-refractivity contribution in [3.63, 3.8) is 0 Å². The molecule has 0 radical (unpaired) electrons. The van der Waals surface area contributed by atoms with Gasteiger partial charge in [0.15, 0.2) is 0 Å². The molecule has 0 aromatic heterocycles. The smallest absolute Gasteiger partial charge is 0.270 e. The van der Waals surface area contributed by atoms with Crippen molar-refractivity contribution in [3.8, 4) is 0 Å². The van der Waals surface area contributed by atoms with Gasteiger partial charge < -0.3 is 5.32 Å². The van der Waals surface area contributed by atoms with Crippen LogP contribution in [0.25, 0.3) is 0 Å². The number of allylic oxidation sites excluding steroid dienone is 2. The maximum atomic E-state index is 11.2. The normalized spacial score (nSPS) is 22.7. The first kappa shape index (κ1) is 17.5. The van der Waals surface area contributed by atoms with E-state index in [1.807, 2.05) is 6.92 Å². The van der Waals surface area contributed by atoms with Crippen LogP contribution in [0.5, 0.6) is 0 Å². The summed E-state index contributed by atoms with van der Waals surface area (Å²) < 4.78 is 0. The van der Waals surface area contributed by atoms with E-state index < -0.39 is 4.92 Å². The van der Waals surface area contributed by atoms with E-state index in [-0.39, 0.29) is 34.2 Å². The number of nitro groups is 2. The van der Waals surface area contributed by atoms with Crippen molar-refractivity contribution in [3.05, 3.63) is 84.4 Å². The zero-order valence-electron chi connectivity index (χ0n) is 14.4. The predicted molar refractivity (Wildman–Crippen MR) is 102 cm³/mol. The number of hydrogen-bond donors (Lipinski definition) is 1. The van der Waals surface area contributed by atoms with Crippen molar-refractivity contribution in [2.24, 2.45) is 5.92 Å². The first-order valence-corrected chi connectivity index (χ1v) is 8.90. The van der Waals surface area contributed by atoms with Gasteiger partial charge in [0.25, 0.3) is 11.4 Å². The standard InChI is InChI=1S/C19H16ClN3O4/c1-10-7-12(23(26)27)9-15-13-3-2-4-14(13)19(21-18(10)15)16-8-11(22(24)25)5-6-17(16)20/h2-3,5-9,13-14,19,21H,4H2,1H3/t13-,14+,19+/m1/s1. The van der Waals surface area contributed by atoms with Crippen molar-refractivity contribution < 1.29 is 9.85 Å². The summed E-state index contributed by atoms with van der Waals surface area (Å²) in [6.07, 6.45) is 4.88. The number of halogens is 1. The van der Waals surface area contributed by atoms with Gasteiger partial charge in [-0.3, -0.25) is 20.2 Å². The molecule has 2 aliphatic rings. The van der Waals surface area contributed by atoms with Gasteiger partial charge in [-0.15, -0.1) is 0 Å². The lowest BCUT2D eigenvalue weighted by Gasteiger charge is -2.38. The molecule has 2 aromatic rings. The second kappa shape index (κ2) is 6.35. The zero-order chi connectivity index (χ0) is 19.3. The molecular weight excluding hydrogens is 370 g/mol. The number of hydrogen-bond acceptors (Lipinski definition) is 5. The van der Waals surface area contributed by atoms with E-state index in [1.54, 1.807) is 12.1 Å². The van der Waals surface area contributed by atoms with Gasteiger partial charge in [0, 0.05) is 46.5 Å². The zero-order valence-corrected chi connectivity index (χ0v) is 15.1. The fourth-order valence-corrected chi connectivity index (χ4v) is 4.40. The Balaban J connectivity index is 1.85. The van der Waals surface area contributed by atoms with Crippen LogP contribution in [-0.4, -0.2) is 9.85 Å². The maximum absolute atomic E-state index is 11.2. The largest absolute Gasteiger partial charge is 0.377 e. The molecule has 2 aromatic carbocycles. The second-order valence-corrected chi connectivity index (χ2v) is 7.33. The molecule has 8 heteroatoms. The summed E-state index contributed by atoms with van der Waals surface area (Å²) in [4.78, 5) is 21.6. The van der Waals surface area contributed by atoms with Crippen molar-refractivity contribution in [2.75, 3.05) is 5.32 Å². The van der Waals surface area contributed by atoms with E-state index in [4.69, 9.17) is 11.6 Å². The van der Waals surface area contributed by atoms with E-state index in [0.717, 1.165) is 23.2 Å². The monoisotopic (exact) mass is 385 g/mol. The highest BCUT2D eigenvalue weighted by atomic mass is 35.5. The van der Waals surface area contributed by atoms with Crippen LogP contribution in [0.3, 0.4) is 0 Å². The van der Waals surface area contributed by atoms with Crippen molar-refractivity contribution >= 4 is 28.7 Å². The summed E-state index contributed by atoms with van der Waals surface area (Å²) in [7, 11) is 0. The van der Waals surface area contributed by atoms with Gasteiger partial charge >= 0.3 is 0 Å². The van der Waals surface area contributed by atoms with Gasteiger partial charge in [-0.2, -0.15) is 0 Å². The molecular formula is C19H16ClN3O4. The van der Waals surface area contributed by atoms with E-state index in [2.05, 4.69) is 17.5 Å². The van der Waals surface area contributed by atoms with Gasteiger partial charge in [0.05, 0.1) is 15.9 Å². The van der Waals surface area contributed by atoms with Crippen LogP contribution < -0.4 is 5.32 Å². The number of anilines is 1. The highest BCUT2D eigenvalue weighted by molar-refractivity contribution is 6.31. The van der Waals surface area contributed by atoms with Crippen LogP contribution in [0.15, 0.2) is 42.5 Å². The molecule has 0 bridgehead atoms. The Morgan fingerprint density at radius 1 is 1.07 bits per heavy atom. The lowest BCUT2D eigenvalue weighted by molar-refractivity contribution is -0.385. The SMILES string of the molecule is Cc1cc([N+](=O)[O-])cc2c1N[C@H](c1cc([N+](=O)[O-])ccc1Cl)[C@H]1CC=C[C@@H]21. The van der Waals surface area contributed by atoms with Crippen LogP contribution in [0.2, 0.25) is 5.02 Å². The first-order chi connectivity index (χ1) is 12.9. The third-order valence-electron chi connectivity index (χ3n) is 5.39. The Kier molecular flexibility index (Phi) is 4.11. The van der Waals surface area contributed by atoms with Crippen LogP contribution in [0, 0.1) is 33.1 Å². The molecule has 138 valence electrons. The molecule has 1 heterocycles. The van der Waals surface area contributed by atoms with Crippen molar-refractivity contribution in [2.45, 2.75) is 25.3 Å². The van der Waals surface area contributed by atoms with Gasteiger partial charge in [-0.05, 0) is 36.5 Å². The lowest BCUT2D eigenvalue weighted by atomic mass is 9.76. The number of nitro benzene ring substituents is 2. The third-order valence-corrected chi connectivity index (χ3v) is 5.73. The van der Waals surface area contributed by atoms with E-state index in [1.165, 1.54) is 18.2 Å². The van der Waals surface area contributed by atoms with E-state index >= 15 is 0 Å². The molecule has 0 fully saturated rings. The molecule has 1 aliphatic heterocycles. The Morgan fingerprint density at radius 2 is 1.78 bits per heavy atom. The number of benzene rings is 2. The number of non-ortho nitro benzene ring substituents is 2. The third kappa shape index (κ3) is 2.84. The van der Waals surface area contributed by atoms with Crippen LogP contribution in [0.1, 0.15) is 35.1 Å². The molecule has 0 spiro atoms. The number of rotatable bonds is 3. The first-order valence-electron chi connectivity index (χ1n) is 8.53. The highest BCUT2D eigenvalue weighted by Crippen LogP contribution is 2.52. The molecule has 3 atom stereocenters. The lowest BCUT2D eigenvalue weighted by Crippen LogP contribution is -2.30. The molecule has 1 aliphatic carbocycles. The van der Waals surface area contributed by atoms with Gasteiger partial charge in [-0.1, -0.05) is 23.8 Å². The molecule has 1 N–H and O–H groups in total. The molecule has 7 nitrogen and oxygen atoms in total. The van der Waals surface area contributed by atoms with Crippen LogP contribution in [0.4, 0.5) is 17.1 Å². The summed E-state index contributed by atoms with van der Waals surface area (Å²) in [6.45, 7) is 1.82. The molecule has 0 amide bonds. The average Bonchev–Trinajstić information content (AvgIpc) is 3.11. The Bertz CT molecular complexity index is 1000. The molecule has 0 saturated carbocycles. The topological polar surface area (TPSA) is 98.3 Å². The minimum Gasteiger partial charge on any atom is -0.377 e. The summed E-state index contributed by atoms with van der Waals surface area (Å²) >= 11 is 6.39. The minimum absolute atomic E-state index is 0.000166. The number of nitrogens with one attached hydrogen (secondary N) is 1. The summed E-state index contributed by atoms with van der Waals surface area (Å²) in [6, 6.07) is 7.39. The number of nitrogens with zero attached hydrogens (tertiary/aromatic N) is 2. The van der Waals surface area contributed by atoms with Crippen molar-refractivity contribution in [1.82, 2.24) is 0 Å². The van der Waals surface area contributed by atoms with E-state index in [9.17, 15) is 20.2 Å². The fourth-order valence-electron chi connectivity index (χ4n) is 4.16. The summed E-state index contributed by atoms with van der Waals surface area (Å²) in [5.41, 5.74) is 3.22. The van der Waals surface area contributed by atoms with Gasteiger partial charge in [0.1, 0.15) is 0 Å². The number of fused-ring (bicyclic) bond motifs is 3. The molecule has 0 unspecified atom stereocenters. The average molecular weight is 386 g/mol. The molecule has 27 heavy (non-hydrogen) atoms. The van der Waals surface area contributed by atoms with Crippen LogP contribution in [-0.2, 0) is 0 Å². The predicted octanol–water partition coefficient (Wildman–Crippen LogP) is 5.29.